The molecule has 0 unspecified atom stereocenters. The molecular weight excluding hydrogens is 336 g/mol. The van der Waals surface area contributed by atoms with Crippen molar-refractivity contribution in [3.8, 4) is 0 Å². The minimum atomic E-state index is -0.469. The molecule has 148 valence electrons. The van der Waals surface area contributed by atoms with Crippen LogP contribution in [0.4, 0.5) is 4.79 Å². The quantitative estimate of drug-likeness (QED) is 0.832. The highest BCUT2D eigenvalue weighted by Gasteiger charge is 2.59. The lowest BCUT2D eigenvalue weighted by Crippen LogP contribution is -2.62. The molecule has 2 heterocycles. The standard InChI is InChI=1S/C23H34N2O2/c1-22(2,3)27-21(26)25-18(14-16-10-6-5-7-11-16)17-15-23(4)19(24-17)12-8-9-13-20(23)25/h5-7,10-11,17-20,24H,8-9,12-15H2,1-4H3/t17-,18+,19-,20+,23-/m0/s1. The van der Waals surface area contributed by atoms with Gasteiger partial charge in [-0.25, -0.2) is 4.79 Å². The zero-order valence-electron chi connectivity index (χ0n) is 17.2. The molecule has 4 heteroatoms. The topological polar surface area (TPSA) is 41.6 Å². The Kier molecular flexibility index (Phi) is 4.74. The molecule has 5 atom stereocenters. The minimum Gasteiger partial charge on any atom is -0.444 e. The summed E-state index contributed by atoms with van der Waals surface area (Å²) in [5, 5.41) is 3.93. The number of nitrogens with zero attached hydrogens (tertiary/aromatic N) is 1. The number of carbonyl (C=O) groups is 1. The Bertz CT molecular complexity index is 683. The number of amides is 1. The Labute approximate surface area is 163 Å². The molecule has 0 spiro atoms. The van der Waals surface area contributed by atoms with E-state index in [1.54, 1.807) is 0 Å². The van der Waals surface area contributed by atoms with Gasteiger partial charge >= 0.3 is 6.09 Å². The van der Waals surface area contributed by atoms with Gasteiger partial charge in [0.15, 0.2) is 0 Å². The van der Waals surface area contributed by atoms with Crippen LogP contribution in [0.1, 0.15) is 65.4 Å². The van der Waals surface area contributed by atoms with Crippen LogP contribution >= 0.6 is 0 Å². The Balaban J connectivity index is 1.70. The highest BCUT2D eigenvalue weighted by atomic mass is 16.6. The number of ether oxygens (including phenoxy) is 1. The van der Waals surface area contributed by atoms with Crippen molar-refractivity contribution in [1.29, 1.82) is 0 Å². The van der Waals surface area contributed by atoms with E-state index in [1.807, 2.05) is 20.8 Å². The van der Waals surface area contributed by atoms with E-state index >= 15 is 0 Å². The van der Waals surface area contributed by atoms with Crippen LogP contribution in [0, 0.1) is 5.41 Å². The number of likely N-dealkylation sites (tertiary alicyclic amines) is 1. The number of benzene rings is 1. The summed E-state index contributed by atoms with van der Waals surface area (Å²) in [6.45, 7) is 8.29. The second-order valence-electron chi connectivity index (χ2n) is 9.98. The monoisotopic (exact) mass is 370 g/mol. The third-order valence-electron chi connectivity index (χ3n) is 6.90. The van der Waals surface area contributed by atoms with Gasteiger partial charge in [-0.3, -0.25) is 4.90 Å². The van der Waals surface area contributed by atoms with Gasteiger partial charge in [-0.15, -0.1) is 0 Å². The first kappa shape index (κ1) is 18.8. The molecule has 1 aliphatic carbocycles. The highest BCUT2D eigenvalue weighted by Crippen LogP contribution is 2.51. The van der Waals surface area contributed by atoms with Crippen LogP contribution < -0.4 is 5.32 Å². The van der Waals surface area contributed by atoms with Gasteiger partial charge < -0.3 is 10.1 Å². The predicted molar refractivity (Wildman–Crippen MR) is 108 cm³/mol. The maximum Gasteiger partial charge on any atom is 0.410 e. The van der Waals surface area contributed by atoms with Crippen LogP contribution in [0.15, 0.2) is 30.3 Å². The lowest BCUT2D eigenvalue weighted by Gasteiger charge is -2.50. The molecule has 0 radical (unpaired) electrons. The smallest absolute Gasteiger partial charge is 0.410 e. The first-order valence-electron chi connectivity index (χ1n) is 10.6. The average molecular weight is 371 g/mol. The third-order valence-corrected chi connectivity index (χ3v) is 6.90. The van der Waals surface area contributed by atoms with E-state index in [9.17, 15) is 4.79 Å². The molecule has 4 rings (SSSR count). The summed E-state index contributed by atoms with van der Waals surface area (Å²) in [6.07, 6.45) is 6.68. The van der Waals surface area contributed by atoms with Crippen LogP contribution in [0.3, 0.4) is 0 Å². The fraction of sp³-hybridized carbons (Fsp3) is 0.696. The number of carbonyl (C=O) groups excluding carboxylic acids is 1. The molecular formula is C23H34N2O2. The van der Waals surface area contributed by atoms with Crippen molar-refractivity contribution < 1.29 is 9.53 Å². The van der Waals surface area contributed by atoms with Crippen molar-refractivity contribution in [3.05, 3.63) is 35.9 Å². The fourth-order valence-corrected chi connectivity index (χ4v) is 5.72. The molecule has 1 saturated carbocycles. The Morgan fingerprint density at radius 2 is 1.93 bits per heavy atom. The number of fused-ring (bicyclic) bond motifs is 1. The van der Waals surface area contributed by atoms with E-state index in [4.69, 9.17) is 4.74 Å². The molecule has 2 bridgehead atoms. The Morgan fingerprint density at radius 3 is 2.63 bits per heavy atom. The van der Waals surface area contributed by atoms with Gasteiger partial charge in [0.1, 0.15) is 5.60 Å². The van der Waals surface area contributed by atoms with Crippen molar-refractivity contribution in [2.24, 2.45) is 5.41 Å². The summed E-state index contributed by atoms with van der Waals surface area (Å²) in [6, 6.07) is 11.9. The van der Waals surface area contributed by atoms with Crippen LogP contribution in [0.25, 0.3) is 0 Å². The van der Waals surface area contributed by atoms with Gasteiger partial charge in [0.05, 0.1) is 6.04 Å². The van der Waals surface area contributed by atoms with Crippen molar-refractivity contribution >= 4 is 6.09 Å². The van der Waals surface area contributed by atoms with Gasteiger partial charge in [-0.2, -0.15) is 0 Å². The molecule has 1 N–H and O–H groups in total. The second kappa shape index (κ2) is 6.80. The summed E-state index contributed by atoms with van der Waals surface area (Å²) in [5.74, 6) is 0. The molecule has 0 aromatic heterocycles. The van der Waals surface area contributed by atoms with E-state index in [0.29, 0.717) is 12.1 Å². The van der Waals surface area contributed by atoms with Crippen LogP contribution in [-0.4, -0.2) is 40.8 Å². The summed E-state index contributed by atoms with van der Waals surface area (Å²) >= 11 is 0. The summed E-state index contributed by atoms with van der Waals surface area (Å²) < 4.78 is 5.91. The van der Waals surface area contributed by atoms with E-state index in [0.717, 1.165) is 12.8 Å². The minimum absolute atomic E-state index is 0.131. The predicted octanol–water partition coefficient (Wildman–Crippen LogP) is 4.53. The average Bonchev–Trinajstić information content (AvgIpc) is 2.80. The summed E-state index contributed by atoms with van der Waals surface area (Å²) in [5.41, 5.74) is 0.981. The Hall–Kier alpha value is -1.55. The number of piperidine rings is 1. The molecule has 3 aliphatic rings. The van der Waals surface area contributed by atoms with Crippen molar-refractivity contribution in [2.75, 3.05) is 0 Å². The fourth-order valence-electron chi connectivity index (χ4n) is 5.72. The largest absolute Gasteiger partial charge is 0.444 e. The summed E-state index contributed by atoms with van der Waals surface area (Å²) in [4.78, 5) is 15.5. The molecule has 1 aromatic rings. The normalized spacial score (nSPS) is 35.6. The van der Waals surface area contributed by atoms with Crippen molar-refractivity contribution in [2.45, 2.75) is 96.0 Å². The first-order chi connectivity index (χ1) is 12.8. The molecule has 4 nitrogen and oxygen atoms in total. The maximum atomic E-state index is 13.4. The van der Waals surface area contributed by atoms with Gasteiger partial charge in [0.25, 0.3) is 0 Å². The van der Waals surface area contributed by atoms with E-state index in [2.05, 4.69) is 47.5 Å². The van der Waals surface area contributed by atoms with Crippen LogP contribution in [-0.2, 0) is 11.2 Å². The van der Waals surface area contributed by atoms with Gasteiger partial charge in [0.2, 0.25) is 0 Å². The van der Waals surface area contributed by atoms with Gasteiger partial charge in [0, 0.05) is 23.5 Å². The SMILES string of the molecule is CC(C)(C)OC(=O)N1[C@H](Cc2ccccc2)[C@@H]2C[C@@]3(C)[C@H](CCCC[C@@H]13)N2. The lowest BCUT2D eigenvalue weighted by molar-refractivity contribution is -0.0354. The first-order valence-corrected chi connectivity index (χ1v) is 10.6. The maximum absolute atomic E-state index is 13.4. The molecule has 2 saturated heterocycles. The van der Waals surface area contributed by atoms with Gasteiger partial charge in [-0.05, 0) is 52.0 Å². The number of hydrogen-bond acceptors (Lipinski definition) is 3. The van der Waals surface area contributed by atoms with E-state index < -0.39 is 5.60 Å². The molecule has 3 fully saturated rings. The van der Waals surface area contributed by atoms with Crippen molar-refractivity contribution in [3.63, 3.8) is 0 Å². The zero-order chi connectivity index (χ0) is 19.2. The van der Waals surface area contributed by atoms with Gasteiger partial charge in [-0.1, -0.05) is 50.1 Å². The van der Waals surface area contributed by atoms with E-state index in [1.165, 1.54) is 31.2 Å². The molecule has 1 aromatic carbocycles. The lowest BCUT2D eigenvalue weighted by atomic mass is 9.69. The summed E-state index contributed by atoms with van der Waals surface area (Å²) in [7, 11) is 0. The highest BCUT2D eigenvalue weighted by molar-refractivity contribution is 5.70. The number of rotatable bonds is 2. The number of nitrogens with one attached hydrogen (secondary N) is 1. The van der Waals surface area contributed by atoms with E-state index in [-0.39, 0.29) is 23.6 Å². The van der Waals surface area contributed by atoms with Crippen molar-refractivity contribution in [1.82, 2.24) is 10.2 Å². The number of hydrogen-bond donors (Lipinski definition) is 1. The zero-order valence-corrected chi connectivity index (χ0v) is 17.2. The second-order valence-corrected chi connectivity index (χ2v) is 9.98. The van der Waals surface area contributed by atoms with Crippen LogP contribution in [0.5, 0.6) is 0 Å². The third kappa shape index (κ3) is 3.49. The van der Waals surface area contributed by atoms with Crippen LogP contribution in [0.2, 0.25) is 0 Å². The molecule has 27 heavy (non-hydrogen) atoms. The Morgan fingerprint density at radius 1 is 1.22 bits per heavy atom. The molecule has 2 aliphatic heterocycles. The molecule has 1 amide bonds.